The Labute approximate surface area is 197 Å². The molecule has 1 N–H and O–H groups in total. The highest BCUT2D eigenvalue weighted by molar-refractivity contribution is 5.85. The smallest absolute Gasteiger partial charge is 0.151 e. The van der Waals surface area contributed by atoms with E-state index in [-0.39, 0.29) is 17.7 Å². The highest BCUT2D eigenvalue weighted by atomic mass is 16.3. The molecule has 1 saturated heterocycles. The lowest BCUT2D eigenvalue weighted by atomic mass is 9.88. The van der Waals surface area contributed by atoms with Crippen molar-refractivity contribution in [1.82, 2.24) is 20.3 Å². The van der Waals surface area contributed by atoms with Gasteiger partial charge in [0, 0.05) is 23.4 Å². The normalized spacial score (nSPS) is 22.1. The summed E-state index contributed by atoms with van der Waals surface area (Å²) >= 11 is 0. The van der Waals surface area contributed by atoms with Gasteiger partial charge < -0.3 is 9.73 Å². The van der Waals surface area contributed by atoms with Gasteiger partial charge in [0.25, 0.3) is 0 Å². The van der Waals surface area contributed by atoms with E-state index in [1.54, 1.807) is 10.9 Å². The van der Waals surface area contributed by atoms with Crippen LogP contribution >= 0.6 is 0 Å². The molecule has 2 bridgehead atoms. The fourth-order valence-electron chi connectivity index (χ4n) is 5.47. The Kier molecular flexibility index (Phi) is 5.23. The quantitative estimate of drug-likeness (QED) is 0.446. The van der Waals surface area contributed by atoms with Crippen molar-refractivity contribution >= 4 is 16.8 Å². The van der Waals surface area contributed by atoms with Gasteiger partial charge in [-0.1, -0.05) is 17.3 Å². The number of fused-ring (bicyclic) bond motifs is 3. The first-order chi connectivity index (χ1) is 16.7. The number of benzene rings is 2. The molecule has 0 amide bonds. The molecule has 0 spiro atoms. The highest BCUT2D eigenvalue weighted by Gasteiger charge is 2.42. The first-order valence-corrected chi connectivity index (χ1v) is 11.8. The summed E-state index contributed by atoms with van der Waals surface area (Å²) in [6.45, 7) is 0. The Balaban J connectivity index is 1.11. The molecule has 0 radical (unpaired) electrons. The molecular weight excluding hydrogens is 426 g/mol. The molecule has 2 aromatic heterocycles. The van der Waals surface area contributed by atoms with Gasteiger partial charge in [-0.05, 0) is 73.6 Å². The van der Waals surface area contributed by atoms with Crippen molar-refractivity contribution in [3.63, 3.8) is 0 Å². The Bertz CT molecular complexity index is 1380. The van der Waals surface area contributed by atoms with Gasteiger partial charge in [0.15, 0.2) is 5.78 Å². The second-order valence-electron chi connectivity index (χ2n) is 9.50. The van der Waals surface area contributed by atoms with Gasteiger partial charge in [0.05, 0.1) is 36.2 Å². The summed E-state index contributed by atoms with van der Waals surface area (Å²) in [6, 6.07) is 18.6. The predicted molar refractivity (Wildman–Crippen MR) is 127 cm³/mol. The number of aromatic nitrogens is 3. The number of Topliss-reactive ketones (excluding diaryl/α,β-unsaturated/α-hetero) is 1. The summed E-state index contributed by atoms with van der Waals surface area (Å²) in [5, 5.41) is 22.7. The molecular formula is C27H25N5O2. The van der Waals surface area contributed by atoms with Crippen molar-refractivity contribution < 1.29 is 9.21 Å². The van der Waals surface area contributed by atoms with E-state index in [0.29, 0.717) is 24.8 Å². The molecule has 6 rings (SSSR count). The summed E-state index contributed by atoms with van der Waals surface area (Å²) in [5.74, 6) is 0.347. The average molecular weight is 452 g/mol. The molecule has 1 aliphatic heterocycles. The van der Waals surface area contributed by atoms with Crippen LogP contribution in [0.1, 0.15) is 31.2 Å². The van der Waals surface area contributed by atoms with Gasteiger partial charge in [-0.3, -0.25) is 4.79 Å². The molecule has 4 aromatic rings. The van der Waals surface area contributed by atoms with Crippen molar-refractivity contribution in [2.75, 3.05) is 0 Å². The van der Waals surface area contributed by atoms with Gasteiger partial charge in [0.2, 0.25) is 0 Å². The number of nitrogens with one attached hydrogen (secondary N) is 1. The van der Waals surface area contributed by atoms with E-state index in [4.69, 9.17) is 4.42 Å². The number of furan rings is 1. The fourth-order valence-corrected chi connectivity index (χ4v) is 5.47. The zero-order valence-corrected chi connectivity index (χ0v) is 18.7. The standard InChI is InChI=1S/C27H25N5O2/c28-15-18(12-25(33)27-21-3-5-22(14-21)29-27)11-17-1-6-23(7-2-17)32-16-24(30-31-32)19-4-8-26-20(13-19)9-10-34-26/h1-2,4,6-10,13,16,18,21-22,27,29H,3,5,11-12,14H2/t18-,21+,22-,27+/m1/s1. The van der Waals surface area contributed by atoms with Crippen molar-refractivity contribution in [3.05, 3.63) is 66.6 Å². The summed E-state index contributed by atoms with van der Waals surface area (Å²) in [6.07, 6.45) is 7.87. The van der Waals surface area contributed by atoms with Crippen LogP contribution in [0.4, 0.5) is 0 Å². The van der Waals surface area contributed by atoms with Gasteiger partial charge in [0.1, 0.15) is 11.3 Å². The molecule has 7 nitrogen and oxygen atoms in total. The molecule has 2 aromatic carbocycles. The highest BCUT2D eigenvalue weighted by Crippen LogP contribution is 2.36. The third-order valence-corrected chi connectivity index (χ3v) is 7.26. The molecule has 3 heterocycles. The Hall–Kier alpha value is -3.76. The number of rotatable bonds is 7. The van der Waals surface area contributed by atoms with Crippen LogP contribution in [0.2, 0.25) is 0 Å². The minimum Gasteiger partial charge on any atom is -0.464 e. The second-order valence-corrected chi connectivity index (χ2v) is 9.50. The third-order valence-electron chi connectivity index (χ3n) is 7.26. The zero-order valence-electron chi connectivity index (χ0n) is 18.7. The van der Waals surface area contributed by atoms with E-state index in [1.165, 1.54) is 6.42 Å². The van der Waals surface area contributed by atoms with E-state index >= 15 is 0 Å². The van der Waals surface area contributed by atoms with Crippen molar-refractivity contribution in [1.29, 1.82) is 5.26 Å². The van der Waals surface area contributed by atoms with Gasteiger partial charge >= 0.3 is 0 Å². The zero-order chi connectivity index (χ0) is 23.1. The number of nitrogens with zero attached hydrogens (tertiary/aromatic N) is 4. The number of carbonyl (C=O) groups excluding carboxylic acids is 1. The maximum absolute atomic E-state index is 12.8. The topological polar surface area (TPSA) is 96.7 Å². The molecule has 2 aliphatic rings. The average Bonchev–Trinajstić information content (AvgIpc) is 3.67. The van der Waals surface area contributed by atoms with Crippen LogP contribution in [0, 0.1) is 23.2 Å². The van der Waals surface area contributed by atoms with Gasteiger partial charge in [-0.2, -0.15) is 5.26 Å². The van der Waals surface area contributed by atoms with Crippen molar-refractivity contribution in [2.45, 2.75) is 44.2 Å². The molecule has 7 heteroatoms. The number of hydrogen-bond donors (Lipinski definition) is 1. The van der Waals surface area contributed by atoms with Gasteiger partial charge in [-0.15, -0.1) is 5.10 Å². The maximum Gasteiger partial charge on any atom is 0.151 e. The van der Waals surface area contributed by atoms with Crippen LogP contribution in [0.5, 0.6) is 0 Å². The third kappa shape index (κ3) is 3.91. The van der Waals surface area contributed by atoms with Crippen molar-refractivity contribution in [2.24, 2.45) is 11.8 Å². The minimum absolute atomic E-state index is 0.0484. The first-order valence-electron chi connectivity index (χ1n) is 11.8. The molecule has 170 valence electrons. The van der Waals surface area contributed by atoms with E-state index in [9.17, 15) is 10.1 Å². The monoisotopic (exact) mass is 451 g/mol. The lowest BCUT2D eigenvalue weighted by Gasteiger charge is -2.22. The molecule has 1 aliphatic carbocycles. The van der Waals surface area contributed by atoms with E-state index < -0.39 is 0 Å². The van der Waals surface area contributed by atoms with Crippen LogP contribution in [0.15, 0.2) is 65.4 Å². The van der Waals surface area contributed by atoms with E-state index in [0.717, 1.165) is 46.3 Å². The maximum atomic E-state index is 12.8. The number of ketones is 1. The Morgan fingerprint density at radius 3 is 2.85 bits per heavy atom. The van der Waals surface area contributed by atoms with Crippen LogP contribution in [-0.4, -0.2) is 32.9 Å². The van der Waals surface area contributed by atoms with Crippen LogP contribution < -0.4 is 5.32 Å². The Morgan fingerprint density at radius 1 is 1.21 bits per heavy atom. The summed E-state index contributed by atoms with van der Waals surface area (Å²) in [7, 11) is 0. The van der Waals surface area contributed by atoms with Crippen LogP contribution in [0.25, 0.3) is 27.9 Å². The summed E-state index contributed by atoms with van der Waals surface area (Å²) < 4.78 is 7.15. The number of nitriles is 1. The molecule has 1 saturated carbocycles. The van der Waals surface area contributed by atoms with Crippen LogP contribution in [-0.2, 0) is 11.2 Å². The molecule has 4 atom stereocenters. The van der Waals surface area contributed by atoms with Crippen molar-refractivity contribution in [3.8, 4) is 23.0 Å². The number of hydrogen-bond acceptors (Lipinski definition) is 6. The minimum atomic E-state index is -0.310. The second kappa shape index (κ2) is 8.54. The molecule has 2 fully saturated rings. The fraction of sp³-hybridized carbons (Fsp3) is 0.333. The molecule has 34 heavy (non-hydrogen) atoms. The summed E-state index contributed by atoms with van der Waals surface area (Å²) in [5.41, 5.74) is 4.53. The lowest BCUT2D eigenvalue weighted by Crippen LogP contribution is -2.42. The largest absolute Gasteiger partial charge is 0.464 e. The van der Waals surface area contributed by atoms with E-state index in [1.807, 2.05) is 54.7 Å². The predicted octanol–water partition coefficient (Wildman–Crippen LogP) is 4.46. The first kappa shape index (κ1) is 20.8. The van der Waals surface area contributed by atoms with E-state index in [2.05, 4.69) is 21.7 Å². The molecule has 0 unspecified atom stereocenters. The lowest BCUT2D eigenvalue weighted by molar-refractivity contribution is -0.122. The SMILES string of the molecule is N#C[C@@H](CC(=O)[C@H]1N[C@@H]2CC[C@H]1C2)Cc1ccc(-n2cc(-c3ccc4occc4c3)nn2)cc1. The number of carbonyl (C=O) groups is 1. The summed E-state index contributed by atoms with van der Waals surface area (Å²) in [4.78, 5) is 12.8. The Morgan fingerprint density at radius 2 is 2.09 bits per heavy atom. The van der Waals surface area contributed by atoms with Crippen LogP contribution in [0.3, 0.4) is 0 Å². The number of piperidine rings is 1. The van der Waals surface area contributed by atoms with Gasteiger partial charge in [-0.25, -0.2) is 4.68 Å².